The van der Waals surface area contributed by atoms with E-state index in [2.05, 4.69) is 10.3 Å². The Bertz CT molecular complexity index is 760. The van der Waals surface area contributed by atoms with E-state index in [-0.39, 0.29) is 12.0 Å². The normalized spacial score (nSPS) is 18.6. The maximum Gasteiger partial charge on any atom is 0.257 e. The Morgan fingerprint density at radius 1 is 1.20 bits per heavy atom. The second kappa shape index (κ2) is 7.23. The van der Waals surface area contributed by atoms with Crippen LogP contribution in [0.25, 0.3) is 0 Å². The summed E-state index contributed by atoms with van der Waals surface area (Å²) in [4.78, 5) is 16.6. The molecule has 6 nitrogen and oxygen atoms in total. The first-order valence-electron chi connectivity index (χ1n) is 8.19. The lowest BCUT2D eigenvalue weighted by atomic mass is 10.2. The molecule has 1 aromatic carbocycles. The van der Waals surface area contributed by atoms with Gasteiger partial charge in [-0.05, 0) is 30.4 Å². The Morgan fingerprint density at radius 3 is 2.84 bits per heavy atom. The van der Waals surface area contributed by atoms with Crippen molar-refractivity contribution in [2.45, 2.75) is 12.5 Å². The molecule has 0 aliphatic carbocycles. The van der Waals surface area contributed by atoms with Crippen LogP contribution in [0.3, 0.4) is 0 Å². The number of nitrogens with one attached hydrogen (secondary N) is 1. The van der Waals surface area contributed by atoms with Gasteiger partial charge < -0.3 is 19.5 Å². The number of aromatic nitrogens is 1. The number of rotatable bonds is 4. The van der Waals surface area contributed by atoms with Crippen LogP contribution in [0.2, 0.25) is 0 Å². The average molecular weight is 358 g/mol. The van der Waals surface area contributed by atoms with Crippen LogP contribution in [-0.4, -0.2) is 41.7 Å². The molecule has 4 rings (SSSR count). The number of hydrogen-bond acceptors (Lipinski definition) is 6. The predicted molar refractivity (Wildman–Crippen MR) is 96.0 cm³/mol. The summed E-state index contributed by atoms with van der Waals surface area (Å²) in [5, 5.41) is 2.84. The van der Waals surface area contributed by atoms with Crippen molar-refractivity contribution in [2.75, 3.05) is 30.0 Å². The van der Waals surface area contributed by atoms with Crippen molar-refractivity contribution >= 4 is 23.4 Å². The van der Waals surface area contributed by atoms with E-state index >= 15 is 0 Å². The van der Waals surface area contributed by atoms with Crippen molar-refractivity contribution in [2.24, 2.45) is 0 Å². The lowest BCUT2D eigenvalue weighted by Gasteiger charge is -2.19. The summed E-state index contributed by atoms with van der Waals surface area (Å²) in [7, 11) is 0. The first-order chi connectivity index (χ1) is 12.3. The molecule has 1 aromatic heterocycles. The van der Waals surface area contributed by atoms with Gasteiger partial charge in [-0.15, -0.1) is 0 Å². The molecule has 0 saturated carbocycles. The minimum Gasteiger partial charge on any atom is -0.486 e. The number of amides is 1. The maximum atomic E-state index is 12.4. The van der Waals surface area contributed by atoms with E-state index in [0.717, 1.165) is 17.9 Å². The lowest BCUT2D eigenvalue weighted by molar-refractivity contribution is 0.102. The largest absolute Gasteiger partial charge is 0.486 e. The number of fused-ring (bicyclic) bond motifs is 1. The predicted octanol–water partition coefficient (Wildman–Crippen LogP) is 2.99. The molecule has 2 aliphatic heterocycles. The molecule has 0 bridgehead atoms. The third kappa shape index (κ3) is 3.82. The number of carbonyl (C=O) groups is 1. The second-order valence-electron chi connectivity index (χ2n) is 5.80. The molecule has 0 radical (unpaired) electrons. The number of pyridine rings is 1. The molecule has 3 heterocycles. The molecule has 1 fully saturated rings. The van der Waals surface area contributed by atoms with Gasteiger partial charge in [0.25, 0.3) is 5.91 Å². The number of carbonyl (C=O) groups excluding carboxylic acids is 1. The van der Waals surface area contributed by atoms with Crippen LogP contribution < -0.4 is 19.5 Å². The van der Waals surface area contributed by atoms with Gasteiger partial charge in [0.05, 0.1) is 5.56 Å². The molecule has 130 valence electrons. The minimum absolute atomic E-state index is 0.217. The lowest BCUT2D eigenvalue weighted by Crippen LogP contribution is -2.17. The van der Waals surface area contributed by atoms with Crippen molar-refractivity contribution < 1.29 is 19.0 Å². The summed E-state index contributed by atoms with van der Waals surface area (Å²) in [6.45, 7) is 1.05. The van der Waals surface area contributed by atoms with Crippen LogP contribution in [0.1, 0.15) is 16.8 Å². The van der Waals surface area contributed by atoms with Crippen LogP contribution in [-0.2, 0) is 0 Å². The van der Waals surface area contributed by atoms with Crippen LogP contribution >= 0.6 is 11.8 Å². The zero-order valence-electron chi connectivity index (χ0n) is 13.6. The Balaban J connectivity index is 1.40. The molecule has 1 atom stereocenters. The van der Waals surface area contributed by atoms with Gasteiger partial charge >= 0.3 is 0 Å². The molecule has 2 aromatic rings. The summed E-state index contributed by atoms with van der Waals surface area (Å²) < 4.78 is 16.8. The highest BCUT2D eigenvalue weighted by Crippen LogP contribution is 2.32. The maximum absolute atomic E-state index is 12.4. The van der Waals surface area contributed by atoms with E-state index < -0.39 is 0 Å². The molecule has 25 heavy (non-hydrogen) atoms. The van der Waals surface area contributed by atoms with Crippen LogP contribution in [0.4, 0.5) is 5.69 Å². The molecule has 1 amide bonds. The zero-order chi connectivity index (χ0) is 17.1. The number of nitrogens with zero attached hydrogens (tertiary/aromatic N) is 1. The SMILES string of the molecule is O=C(Nc1ccc2c(c1)OCCO2)c1ccc(OC2CCSC2)nc1. The Labute approximate surface area is 149 Å². The summed E-state index contributed by atoms with van der Waals surface area (Å²) in [6, 6.07) is 8.79. The van der Waals surface area contributed by atoms with Crippen molar-refractivity contribution in [1.82, 2.24) is 4.98 Å². The highest BCUT2D eigenvalue weighted by atomic mass is 32.2. The van der Waals surface area contributed by atoms with E-state index in [1.54, 1.807) is 30.3 Å². The van der Waals surface area contributed by atoms with Crippen LogP contribution in [0.15, 0.2) is 36.5 Å². The van der Waals surface area contributed by atoms with Crippen LogP contribution in [0.5, 0.6) is 17.4 Å². The van der Waals surface area contributed by atoms with E-state index in [0.29, 0.717) is 41.8 Å². The quantitative estimate of drug-likeness (QED) is 0.906. The third-order valence-electron chi connectivity index (χ3n) is 3.97. The minimum atomic E-state index is -0.229. The van der Waals surface area contributed by atoms with Crippen molar-refractivity contribution in [3.8, 4) is 17.4 Å². The number of ether oxygens (including phenoxy) is 3. The van der Waals surface area contributed by atoms with E-state index in [4.69, 9.17) is 14.2 Å². The highest BCUT2D eigenvalue weighted by Gasteiger charge is 2.18. The van der Waals surface area contributed by atoms with Gasteiger partial charge in [0.1, 0.15) is 19.3 Å². The van der Waals surface area contributed by atoms with Gasteiger partial charge in [-0.1, -0.05) is 0 Å². The van der Waals surface area contributed by atoms with Gasteiger partial charge in [0.15, 0.2) is 11.5 Å². The summed E-state index contributed by atoms with van der Waals surface area (Å²) in [5.74, 6) is 3.78. The monoisotopic (exact) mass is 358 g/mol. The molecular weight excluding hydrogens is 340 g/mol. The standard InChI is InChI=1S/C18H18N2O4S/c21-18(20-13-2-3-15-16(9-13)23-7-6-22-15)12-1-4-17(19-10-12)24-14-5-8-25-11-14/h1-4,9-10,14H,5-8,11H2,(H,20,21). The van der Waals surface area contributed by atoms with Crippen molar-refractivity contribution in [3.05, 3.63) is 42.1 Å². The number of anilines is 1. The van der Waals surface area contributed by atoms with Gasteiger partial charge in [-0.3, -0.25) is 4.79 Å². The van der Waals surface area contributed by atoms with Gasteiger partial charge in [0, 0.05) is 29.8 Å². The molecule has 1 unspecified atom stereocenters. The topological polar surface area (TPSA) is 69.7 Å². The molecule has 0 spiro atoms. The van der Waals surface area contributed by atoms with Gasteiger partial charge in [-0.25, -0.2) is 4.98 Å². The van der Waals surface area contributed by atoms with Crippen molar-refractivity contribution in [3.63, 3.8) is 0 Å². The fourth-order valence-electron chi connectivity index (χ4n) is 2.69. The fraction of sp³-hybridized carbons (Fsp3) is 0.333. The Morgan fingerprint density at radius 2 is 2.08 bits per heavy atom. The smallest absolute Gasteiger partial charge is 0.257 e. The second-order valence-corrected chi connectivity index (χ2v) is 6.95. The summed E-state index contributed by atoms with van der Waals surface area (Å²) in [6.07, 6.45) is 2.79. The summed E-state index contributed by atoms with van der Waals surface area (Å²) in [5.41, 5.74) is 1.13. The highest BCUT2D eigenvalue weighted by molar-refractivity contribution is 7.99. The Hall–Kier alpha value is -2.41. The van der Waals surface area contributed by atoms with Gasteiger partial charge in [0.2, 0.25) is 5.88 Å². The summed E-state index contributed by atoms with van der Waals surface area (Å²) >= 11 is 1.88. The molecular formula is C18H18N2O4S. The fourth-order valence-corrected chi connectivity index (χ4v) is 3.78. The number of benzene rings is 1. The average Bonchev–Trinajstić information content (AvgIpc) is 3.15. The first kappa shape index (κ1) is 16.1. The van der Waals surface area contributed by atoms with E-state index in [1.165, 1.54) is 6.20 Å². The first-order valence-corrected chi connectivity index (χ1v) is 9.35. The number of thioether (sulfide) groups is 1. The molecule has 1 N–H and O–H groups in total. The Kier molecular flexibility index (Phi) is 4.65. The van der Waals surface area contributed by atoms with Crippen molar-refractivity contribution in [1.29, 1.82) is 0 Å². The van der Waals surface area contributed by atoms with Gasteiger partial charge in [-0.2, -0.15) is 11.8 Å². The zero-order valence-corrected chi connectivity index (χ0v) is 14.4. The number of hydrogen-bond donors (Lipinski definition) is 1. The van der Waals surface area contributed by atoms with E-state index in [1.807, 2.05) is 11.8 Å². The third-order valence-corrected chi connectivity index (χ3v) is 5.11. The van der Waals surface area contributed by atoms with E-state index in [9.17, 15) is 4.79 Å². The molecule has 2 aliphatic rings. The molecule has 1 saturated heterocycles. The molecule has 7 heteroatoms. The van der Waals surface area contributed by atoms with Crippen LogP contribution in [0, 0.1) is 0 Å².